The maximum Gasteiger partial charge on any atom is 0.326 e. The summed E-state index contributed by atoms with van der Waals surface area (Å²) in [6.45, 7) is 2.75. The Morgan fingerprint density at radius 3 is 2.48 bits per heavy atom. The summed E-state index contributed by atoms with van der Waals surface area (Å²) in [5.41, 5.74) is 0.217. The average Bonchev–Trinajstić information content (AvgIpc) is 2.67. The Morgan fingerprint density at radius 1 is 1.07 bits per heavy atom. The van der Waals surface area contributed by atoms with Gasteiger partial charge in [-0.05, 0) is 57.2 Å². The van der Waals surface area contributed by atoms with E-state index >= 15 is 0 Å². The van der Waals surface area contributed by atoms with Gasteiger partial charge in [0.1, 0.15) is 6.04 Å². The molecule has 8 heteroatoms. The van der Waals surface area contributed by atoms with Crippen LogP contribution in [0.15, 0.2) is 29.2 Å². The van der Waals surface area contributed by atoms with E-state index in [4.69, 9.17) is 0 Å². The number of piperidine rings is 2. The van der Waals surface area contributed by atoms with Gasteiger partial charge < -0.3 is 10.0 Å². The second-order valence-electron chi connectivity index (χ2n) is 7.34. The summed E-state index contributed by atoms with van der Waals surface area (Å²) in [7, 11) is -3.68. The van der Waals surface area contributed by atoms with Crippen molar-refractivity contribution in [3.05, 3.63) is 29.8 Å². The fraction of sp³-hybridized carbons (Fsp3) is 0.579. The SMILES string of the molecule is C[C@H]1CCCCN1S(=O)(=O)c1cccc(C(=O)N2CCCC[C@@H]2C(=O)O)c1. The molecule has 0 bridgehead atoms. The second-order valence-corrected chi connectivity index (χ2v) is 9.23. The minimum Gasteiger partial charge on any atom is -0.480 e. The van der Waals surface area contributed by atoms with Crippen LogP contribution in [0.5, 0.6) is 0 Å². The van der Waals surface area contributed by atoms with Gasteiger partial charge in [0, 0.05) is 24.7 Å². The number of carbonyl (C=O) groups is 2. The fourth-order valence-electron chi connectivity index (χ4n) is 3.95. The maximum absolute atomic E-state index is 13.0. The molecule has 148 valence electrons. The molecule has 1 N–H and O–H groups in total. The molecule has 0 aromatic heterocycles. The molecule has 1 amide bonds. The van der Waals surface area contributed by atoms with E-state index in [1.807, 2.05) is 6.92 Å². The Bertz CT molecular complexity index is 823. The van der Waals surface area contributed by atoms with Crippen LogP contribution in [0.4, 0.5) is 0 Å². The lowest BCUT2D eigenvalue weighted by molar-refractivity contribution is -0.143. The van der Waals surface area contributed by atoms with Crippen LogP contribution in [0.1, 0.15) is 55.8 Å². The topological polar surface area (TPSA) is 95.0 Å². The first kappa shape index (κ1) is 19.8. The highest BCUT2D eigenvalue weighted by molar-refractivity contribution is 7.89. The highest BCUT2D eigenvalue weighted by Crippen LogP contribution is 2.26. The third-order valence-electron chi connectivity index (χ3n) is 5.48. The number of hydrogen-bond acceptors (Lipinski definition) is 4. The zero-order chi connectivity index (χ0) is 19.6. The van der Waals surface area contributed by atoms with E-state index in [0.717, 1.165) is 32.1 Å². The molecule has 1 aromatic rings. The van der Waals surface area contributed by atoms with Gasteiger partial charge in [-0.3, -0.25) is 4.79 Å². The van der Waals surface area contributed by atoms with Crippen molar-refractivity contribution in [2.75, 3.05) is 13.1 Å². The normalized spacial score (nSPS) is 24.6. The van der Waals surface area contributed by atoms with E-state index in [0.29, 0.717) is 19.5 Å². The molecule has 27 heavy (non-hydrogen) atoms. The molecule has 2 atom stereocenters. The summed E-state index contributed by atoms with van der Waals surface area (Å²) in [4.78, 5) is 25.8. The summed E-state index contributed by atoms with van der Waals surface area (Å²) in [6, 6.07) is 5.06. The number of nitrogens with zero attached hydrogens (tertiary/aromatic N) is 2. The Morgan fingerprint density at radius 2 is 1.78 bits per heavy atom. The number of benzene rings is 1. The first-order chi connectivity index (χ1) is 12.8. The van der Waals surface area contributed by atoms with Gasteiger partial charge in [-0.2, -0.15) is 4.31 Å². The predicted octanol–water partition coefficient (Wildman–Crippen LogP) is 2.33. The lowest BCUT2D eigenvalue weighted by Crippen LogP contribution is -2.48. The summed E-state index contributed by atoms with van der Waals surface area (Å²) in [5.74, 6) is -1.44. The van der Waals surface area contributed by atoms with E-state index in [1.165, 1.54) is 21.3 Å². The monoisotopic (exact) mass is 394 g/mol. The maximum atomic E-state index is 13.0. The Labute approximate surface area is 160 Å². The minimum absolute atomic E-state index is 0.0680. The van der Waals surface area contributed by atoms with Crippen LogP contribution in [-0.2, 0) is 14.8 Å². The van der Waals surface area contributed by atoms with Crippen molar-refractivity contribution in [2.45, 2.75) is 62.4 Å². The molecule has 2 aliphatic rings. The first-order valence-corrected chi connectivity index (χ1v) is 10.9. The molecule has 7 nitrogen and oxygen atoms in total. The fourth-order valence-corrected chi connectivity index (χ4v) is 5.70. The molecule has 2 heterocycles. The summed E-state index contributed by atoms with van der Waals surface area (Å²) >= 11 is 0. The van der Waals surface area contributed by atoms with E-state index in [1.54, 1.807) is 12.1 Å². The van der Waals surface area contributed by atoms with E-state index < -0.39 is 27.9 Å². The van der Waals surface area contributed by atoms with Crippen LogP contribution in [0, 0.1) is 0 Å². The van der Waals surface area contributed by atoms with Crippen LogP contribution in [0.3, 0.4) is 0 Å². The zero-order valence-corrected chi connectivity index (χ0v) is 16.3. The van der Waals surface area contributed by atoms with E-state index in [-0.39, 0.29) is 16.5 Å². The van der Waals surface area contributed by atoms with E-state index in [9.17, 15) is 23.1 Å². The molecule has 0 spiro atoms. The Kier molecular flexibility index (Phi) is 5.86. The molecule has 2 fully saturated rings. The zero-order valence-electron chi connectivity index (χ0n) is 15.5. The standard InChI is InChI=1S/C19H26N2O5S/c1-14-7-2-5-12-21(14)27(25,26)16-9-6-8-15(13-16)18(22)20-11-4-3-10-17(20)19(23)24/h6,8-9,13-14,17H,2-5,7,10-12H2,1H3,(H,23,24)/t14-,17+/m0/s1. The number of aliphatic carboxylic acids is 1. The van der Waals surface area contributed by atoms with Gasteiger partial charge in [0.25, 0.3) is 5.91 Å². The van der Waals surface area contributed by atoms with Gasteiger partial charge in [-0.15, -0.1) is 0 Å². The number of amides is 1. The number of hydrogen-bond donors (Lipinski definition) is 1. The Balaban J connectivity index is 1.88. The van der Waals surface area contributed by atoms with Crippen LogP contribution in [0.25, 0.3) is 0 Å². The molecule has 2 saturated heterocycles. The quantitative estimate of drug-likeness (QED) is 0.846. The van der Waals surface area contributed by atoms with Gasteiger partial charge in [-0.1, -0.05) is 12.5 Å². The van der Waals surface area contributed by atoms with Gasteiger partial charge in [-0.25, -0.2) is 13.2 Å². The van der Waals surface area contributed by atoms with Crippen molar-refractivity contribution in [3.8, 4) is 0 Å². The van der Waals surface area contributed by atoms with Crippen molar-refractivity contribution in [3.63, 3.8) is 0 Å². The highest BCUT2D eigenvalue weighted by Gasteiger charge is 2.34. The molecule has 0 unspecified atom stereocenters. The summed E-state index contributed by atoms with van der Waals surface area (Å²) in [5, 5.41) is 9.39. The lowest BCUT2D eigenvalue weighted by Gasteiger charge is -2.33. The molecule has 1 aromatic carbocycles. The van der Waals surface area contributed by atoms with Crippen molar-refractivity contribution in [1.82, 2.24) is 9.21 Å². The minimum atomic E-state index is -3.68. The average molecular weight is 394 g/mol. The molecular weight excluding hydrogens is 368 g/mol. The van der Waals surface area contributed by atoms with Crippen molar-refractivity contribution in [1.29, 1.82) is 0 Å². The van der Waals surface area contributed by atoms with Crippen LogP contribution in [-0.4, -0.2) is 59.8 Å². The predicted molar refractivity (Wildman–Crippen MR) is 100.0 cm³/mol. The number of sulfonamides is 1. The van der Waals surface area contributed by atoms with Crippen molar-refractivity contribution < 1.29 is 23.1 Å². The van der Waals surface area contributed by atoms with Gasteiger partial charge >= 0.3 is 5.97 Å². The third kappa shape index (κ3) is 4.01. The van der Waals surface area contributed by atoms with Crippen molar-refractivity contribution >= 4 is 21.9 Å². The number of carboxylic acids is 1. The van der Waals surface area contributed by atoms with Crippen LogP contribution < -0.4 is 0 Å². The molecule has 0 saturated carbocycles. The van der Waals surface area contributed by atoms with Crippen LogP contribution in [0.2, 0.25) is 0 Å². The molecule has 2 aliphatic heterocycles. The number of rotatable bonds is 4. The van der Waals surface area contributed by atoms with E-state index in [2.05, 4.69) is 0 Å². The summed E-state index contributed by atoms with van der Waals surface area (Å²) in [6.07, 6.45) is 4.60. The number of carbonyl (C=O) groups excluding carboxylic acids is 1. The van der Waals surface area contributed by atoms with Crippen molar-refractivity contribution in [2.24, 2.45) is 0 Å². The van der Waals surface area contributed by atoms with Gasteiger partial charge in [0.05, 0.1) is 4.90 Å². The Hall–Kier alpha value is -1.93. The lowest BCUT2D eigenvalue weighted by atomic mass is 10.0. The first-order valence-electron chi connectivity index (χ1n) is 9.48. The molecule has 0 radical (unpaired) electrons. The van der Waals surface area contributed by atoms with Crippen LogP contribution >= 0.6 is 0 Å². The number of carboxylic acid groups (broad SMARTS) is 1. The van der Waals surface area contributed by atoms with Gasteiger partial charge in [0.15, 0.2) is 0 Å². The smallest absolute Gasteiger partial charge is 0.326 e. The molecule has 0 aliphatic carbocycles. The summed E-state index contributed by atoms with van der Waals surface area (Å²) < 4.78 is 27.6. The largest absolute Gasteiger partial charge is 0.480 e. The number of likely N-dealkylation sites (tertiary alicyclic amines) is 1. The molecular formula is C19H26N2O5S. The second kappa shape index (κ2) is 7.98. The highest BCUT2D eigenvalue weighted by atomic mass is 32.2. The third-order valence-corrected chi connectivity index (χ3v) is 7.49. The molecule has 3 rings (SSSR count). The van der Waals surface area contributed by atoms with Gasteiger partial charge in [0.2, 0.25) is 10.0 Å².